The first-order valence-corrected chi connectivity index (χ1v) is 9.26. The van der Waals surface area contributed by atoms with E-state index >= 15 is 0 Å². The maximum Gasteiger partial charge on any atom is 0.254 e. The van der Waals surface area contributed by atoms with E-state index in [1.807, 2.05) is 6.07 Å². The summed E-state index contributed by atoms with van der Waals surface area (Å²) in [4.78, 5) is 14.9. The van der Waals surface area contributed by atoms with Gasteiger partial charge in [0, 0.05) is 30.8 Å². The molecule has 142 valence electrons. The molecular formula is C20H20ClNO5. The number of aromatic hydroxyl groups is 1. The van der Waals surface area contributed by atoms with Crippen molar-refractivity contribution in [2.24, 2.45) is 0 Å². The monoisotopic (exact) mass is 389 g/mol. The van der Waals surface area contributed by atoms with E-state index in [4.69, 9.17) is 25.8 Å². The van der Waals surface area contributed by atoms with Crippen LogP contribution in [0.2, 0.25) is 5.02 Å². The van der Waals surface area contributed by atoms with Crippen LogP contribution in [0.25, 0.3) is 0 Å². The van der Waals surface area contributed by atoms with E-state index in [0.717, 1.165) is 12.8 Å². The smallest absolute Gasteiger partial charge is 0.254 e. The predicted octanol–water partition coefficient (Wildman–Crippen LogP) is 3.60. The van der Waals surface area contributed by atoms with Crippen LogP contribution >= 0.6 is 11.6 Å². The molecule has 7 heteroatoms. The molecule has 2 aliphatic rings. The van der Waals surface area contributed by atoms with Crippen LogP contribution in [0.3, 0.4) is 0 Å². The van der Waals surface area contributed by atoms with Gasteiger partial charge in [-0.1, -0.05) is 29.8 Å². The first kappa shape index (κ1) is 17.9. The van der Waals surface area contributed by atoms with Crippen LogP contribution < -0.4 is 9.47 Å². The Morgan fingerprint density at radius 2 is 2.11 bits per heavy atom. The number of benzene rings is 2. The number of amides is 1. The average Bonchev–Trinajstić information content (AvgIpc) is 3.34. The van der Waals surface area contributed by atoms with E-state index < -0.39 is 0 Å². The largest absolute Gasteiger partial charge is 0.508 e. The van der Waals surface area contributed by atoms with E-state index in [9.17, 15) is 9.90 Å². The predicted molar refractivity (Wildman–Crippen MR) is 99.4 cm³/mol. The standard InChI is InChI=1S/C20H20ClNO5/c21-16-8-14(9-18-19(16)27-12-26-18)20(24)22(11-15-5-3-7-25-15)10-13-4-1-2-6-17(13)23/h1-2,4,6,8-9,15,23H,3,5,7,10-12H2/t15-/m0/s1. The molecule has 1 fully saturated rings. The maximum absolute atomic E-state index is 13.2. The van der Waals surface area contributed by atoms with Crippen LogP contribution in [0.4, 0.5) is 0 Å². The van der Waals surface area contributed by atoms with Gasteiger partial charge in [0.1, 0.15) is 5.75 Å². The molecule has 1 N–H and O–H groups in total. The lowest BCUT2D eigenvalue weighted by molar-refractivity contribution is 0.0505. The molecule has 27 heavy (non-hydrogen) atoms. The number of phenols is 1. The minimum absolute atomic E-state index is 0.00992. The third-order valence-corrected chi connectivity index (χ3v) is 5.04. The summed E-state index contributed by atoms with van der Waals surface area (Å²) < 4.78 is 16.4. The van der Waals surface area contributed by atoms with Crippen LogP contribution in [-0.2, 0) is 11.3 Å². The van der Waals surface area contributed by atoms with E-state index in [1.54, 1.807) is 35.2 Å². The van der Waals surface area contributed by atoms with E-state index in [1.165, 1.54) is 0 Å². The van der Waals surface area contributed by atoms with Crippen LogP contribution in [0, 0.1) is 0 Å². The van der Waals surface area contributed by atoms with Crippen LogP contribution in [0.1, 0.15) is 28.8 Å². The van der Waals surface area contributed by atoms with E-state index in [0.29, 0.717) is 40.8 Å². The van der Waals surface area contributed by atoms with Gasteiger partial charge in [-0.25, -0.2) is 0 Å². The number of phenolic OH excluding ortho intramolecular Hbond substituents is 1. The van der Waals surface area contributed by atoms with Gasteiger partial charge < -0.3 is 24.2 Å². The zero-order valence-corrected chi connectivity index (χ0v) is 15.4. The highest BCUT2D eigenvalue weighted by molar-refractivity contribution is 6.32. The molecule has 1 amide bonds. The number of nitrogens with zero attached hydrogens (tertiary/aromatic N) is 1. The molecule has 4 rings (SSSR count). The normalized spacial score (nSPS) is 17.9. The fourth-order valence-corrected chi connectivity index (χ4v) is 3.64. The van der Waals surface area contributed by atoms with Crippen LogP contribution in [-0.4, -0.2) is 42.0 Å². The molecule has 2 aliphatic heterocycles. The molecule has 1 saturated heterocycles. The summed E-state index contributed by atoms with van der Waals surface area (Å²) in [7, 11) is 0. The summed E-state index contributed by atoms with van der Waals surface area (Å²) in [5, 5.41) is 10.5. The molecule has 6 nitrogen and oxygen atoms in total. The van der Waals surface area contributed by atoms with Crippen LogP contribution in [0.5, 0.6) is 17.2 Å². The van der Waals surface area contributed by atoms with Gasteiger partial charge in [-0.05, 0) is 31.0 Å². The topological polar surface area (TPSA) is 68.2 Å². The van der Waals surface area contributed by atoms with Crippen molar-refractivity contribution in [2.75, 3.05) is 19.9 Å². The van der Waals surface area contributed by atoms with Crippen molar-refractivity contribution in [3.05, 3.63) is 52.5 Å². The van der Waals surface area contributed by atoms with E-state index in [-0.39, 0.29) is 31.1 Å². The Hall–Kier alpha value is -2.44. The van der Waals surface area contributed by atoms with Gasteiger partial charge >= 0.3 is 0 Å². The number of hydrogen-bond acceptors (Lipinski definition) is 5. The third-order valence-electron chi connectivity index (χ3n) is 4.76. The molecule has 0 bridgehead atoms. The van der Waals surface area contributed by atoms with Crippen molar-refractivity contribution >= 4 is 17.5 Å². The maximum atomic E-state index is 13.2. The Morgan fingerprint density at radius 1 is 1.26 bits per heavy atom. The highest BCUT2D eigenvalue weighted by atomic mass is 35.5. The Labute approximate surface area is 162 Å². The lowest BCUT2D eigenvalue weighted by atomic mass is 10.1. The number of para-hydroxylation sites is 1. The minimum Gasteiger partial charge on any atom is -0.508 e. The van der Waals surface area contributed by atoms with Gasteiger partial charge in [-0.2, -0.15) is 0 Å². The third kappa shape index (κ3) is 3.82. The first-order chi connectivity index (χ1) is 13.1. The second kappa shape index (κ2) is 7.66. The molecular weight excluding hydrogens is 370 g/mol. The number of carbonyl (C=O) groups is 1. The number of ether oxygens (including phenoxy) is 3. The fourth-order valence-electron chi connectivity index (χ4n) is 3.38. The number of halogens is 1. The van der Waals surface area contributed by atoms with Crippen molar-refractivity contribution in [3.8, 4) is 17.2 Å². The summed E-state index contributed by atoms with van der Waals surface area (Å²) in [6.07, 6.45) is 1.88. The lowest BCUT2D eigenvalue weighted by Gasteiger charge is -2.26. The van der Waals surface area contributed by atoms with Gasteiger partial charge in [0.2, 0.25) is 6.79 Å². The van der Waals surface area contributed by atoms with Crippen LogP contribution in [0.15, 0.2) is 36.4 Å². The first-order valence-electron chi connectivity index (χ1n) is 8.88. The minimum atomic E-state index is -0.200. The number of rotatable bonds is 5. The Bertz CT molecular complexity index is 850. The molecule has 1 atom stereocenters. The number of carbonyl (C=O) groups excluding carboxylic acids is 1. The quantitative estimate of drug-likeness (QED) is 0.846. The zero-order chi connectivity index (χ0) is 18.8. The Morgan fingerprint density at radius 3 is 2.89 bits per heavy atom. The number of hydrogen-bond donors (Lipinski definition) is 1. The van der Waals surface area contributed by atoms with Crippen molar-refractivity contribution in [2.45, 2.75) is 25.5 Å². The summed E-state index contributed by atoms with van der Waals surface area (Å²) in [5.74, 6) is 0.880. The van der Waals surface area contributed by atoms with Gasteiger partial charge in [0.05, 0.1) is 11.1 Å². The molecule has 0 aromatic heterocycles. The van der Waals surface area contributed by atoms with Gasteiger partial charge in [-0.3, -0.25) is 4.79 Å². The molecule has 0 radical (unpaired) electrons. The molecule has 0 unspecified atom stereocenters. The zero-order valence-electron chi connectivity index (χ0n) is 14.7. The van der Waals surface area contributed by atoms with Gasteiger partial charge in [0.15, 0.2) is 11.5 Å². The molecule has 0 saturated carbocycles. The van der Waals surface area contributed by atoms with Gasteiger partial charge in [-0.15, -0.1) is 0 Å². The average molecular weight is 390 g/mol. The van der Waals surface area contributed by atoms with Crippen molar-refractivity contribution < 1.29 is 24.1 Å². The summed E-state index contributed by atoms with van der Waals surface area (Å²) in [6.45, 7) is 1.51. The Kier molecular flexibility index (Phi) is 5.09. The molecule has 2 aromatic carbocycles. The lowest BCUT2D eigenvalue weighted by Crippen LogP contribution is -2.37. The van der Waals surface area contributed by atoms with E-state index in [2.05, 4.69) is 0 Å². The highest BCUT2D eigenvalue weighted by Crippen LogP contribution is 2.40. The Balaban J connectivity index is 1.62. The van der Waals surface area contributed by atoms with Gasteiger partial charge in [0.25, 0.3) is 5.91 Å². The molecule has 0 aliphatic carbocycles. The second-order valence-corrected chi connectivity index (χ2v) is 7.05. The van der Waals surface area contributed by atoms with Crippen molar-refractivity contribution in [1.29, 1.82) is 0 Å². The van der Waals surface area contributed by atoms with Crippen molar-refractivity contribution in [1.82, 2.24) is 4.90 Å². The second-order valence-electron chi connectivity index (χ2n) is 6.64. The fraction of sp³-hybridized carbons (Fsp3) is 0.350. The molecule has 2 aromatic rings. The summed E-state index contributed by atoms with van der Waals surface area (Å²) in [6, 6.07) is 10.2. The number of fused-ring (bicyclic) bond motifs is 1. The molecule has 2 heterocycles. The van der Waals surface area contributed by atoms with Crippen molar-refractivity contribution in [3.63, 3.8) is 0 Å². The summed E-state index contributed by atoms with van der Waals surface area (Å²) in [5.41, 5.74) is 1.09. The molecule has 0 spiro atoms. The highest BCUT2D eigenvalue weighted by Gasteiger charge is 2.27. The summed E-state index contributed by atoms with van der Waals surface area (Å²) >= 11 is 6.24. The SMILES string of the molecule is O=C(c1cc(Cl)c2c(c1)OCO2)N(Cc1ccccc1O)C[C@@H]1CCCO1.